The van der Waals surface area contributed by atoms with Crippen LogP contribution in [0.5, 0.6) is 0 Å². The smallest absolute Gasteiger partial charge is 0.384 e. The maximum Gasteiger partial charge on any atom is 0.384 e. The highest BCUT2D eigenvalue weighted by Crippen LogP contribution is 1.96. The van der Waals surface area contributed by atoms with E-state index in [-0.39, 0.29) is 0 Å². The Morgan fingerprint density at radius 2 is 2.31 bits per heavy atom. The Balaban J connectivity index is 2.78. The van der Waals surface area contributed by atoms with E-state index in [0.717, 1.165) is 5.69 Å². The first-order valence-corrected chi connectivity index (χ1v) is 3.75. The molecule has 0 saturated carbocycles. The first kappa shape index (κ1) is 9.27. The Labute approximate surface area is 76.8 Å². The second-order valence-corrected chi connectivity index (χ2v) is 2.43. The van der Waals surface area contributed by atoms with Crippen molar-refractivity contribution in [2.45, 2.75) is 6.92 Å². The van der Waals surface area contributed by atoms with Crippen LogP contribution in [0.25, 0.3) is 0 Å². The normalized spacial score (nSPS) is 8.46. The Hall–Kier alpha value is -1.82. The first-order chi connectivity index (χ1) is 6.22. The lowest BCUT2D eigenvalue weighted by Crippen LogP contribution is -1.94. The quantitative estimate of drug-likeness (QED) is 0.434. The summed E-state index contributed by atoms with van der Waals surface area (Å²) in [6.45, 7) is 1.89. The zero-order valence-electron chi connectivity index (χ0n) is 7.50. The molecule has 1 aromatic rings. The molecule has 0 bridgehead atoms. The van der Waals surface area contributed by atoms with Gasteiger partial charge in [0.25, 0.3) is 0 Å². The van der Waals surface area contributed by atoms with Gasteiger partial charge in [-0.3, -0.25) is 4.98 Å². The third-order valence-corrected chi connectivity index (χ3v) is 1.41. The second kappa shape index (κ2) is 4.27. The number of carbonyl (C=O) groups excluding carboxylic acids is 1. The fourth-order valence-electron chi connectivity index (χ4n) is 0.716. The average Bonchev–Trinajstić information content (AvgIpc) is 2.16. The van der Waals surface area contributed by atoms with Crippen LogP contribution < -0.4 is 0 Å². The highest BCUT2D eigenvalue weighted by molar-refractivity contribution is 5.88. The van der Waals surface area contributed by atoms with Crippen molar-refractivity contribution in [2.75, 3.05) is 7.11 Å². The molecule has 1 aromatic heterocycles. The van der Waals surface area contributed by atoms with Gasteiger partial charge in [-0.2, -0.15) is 0 Å². The molecule has 0 aliphatic heterocycles. The van der Waals surface area contributed by atoms with Gasteiger partial charge in [0.1, 0.15) is 0 Å². The molecule has 0 spiro atoms. The van der Waals surface area contributed by atoms with Crippen LogP contribution in [0.3, 0.4) is 0 Å². The SMILES string of the molecule is COC(=O)C#Cc1ccc(C)nc1. The molecule has 1 rings (SSSR count). The maximum absolute atomic E-state index is 10.6. The van der Waals surface area contributed by atoms with E-state index in [1.54, 1.807) is 12.3 Å². The summed E-state index contributed by atoms with van der Waals surface area (Å²) in [5.74, 6) is 4.41. The van der Waals surface area contributed by atoms with Crippen molar-refractivity contribution in [3.63, 3.8) is 0 Å². The van der Waals surface area contributed by atoms with Gasteiger partial charge in [-0.15, -0.1) is 0 Å². The first-order valence-electron chi connectivity index (χ1n) is 3.75. The Kier molecular flexibility index (Phi) is 3.04. The molecule has 66 valence electrons. The summed E-state index contributed by atoms with van der Waals surface area (Å²) >= 11 is 0. The van der Waals surface area contributed by atoms with Gasteiger partial charge in [0.05, 0.1) is 7.11 Å². The standard InChI is InChI=1S/C10H9NO2/c1-8-3-4-9(7-11-8)5-6-10(12)13-2/h3-4,7H,1-2H3. The number of hydrogen-bond donors (Lipinski definition) is 0. The molecule has 0 amide bonds. The minimum absolute atomic E-state index is 0.541. The fraction of sp³-hybridized carbons (Fsp3) is 0.200. The molecule has 0 atom stereocenters. The largest absolute Gasteiger partial charge is 0.459 e. The van der Waals surface area contributed by atoms with Gasteiger partial charge in [-0.25, -0.2) is 4.79 Å². The number of aryl methyl sites for hydroxylation is 1. The lowest BCUT2D eigenvalue weighted by molar-refractivity contribution is -0.133. The lowest BCUT2D eigenvalue weighted by Gasteiger charge is -1.90. The highest BCUT2D eigenvalue weighted by atomic mass is 16.5. The van der Waals surface area contributed by atoms with Crippen molar-refractivity contribution in [3.05, 3.63) is 29.6 Å². The topological polar surface area (TPSA) is 39.2 Å². The predicted molar refractivity (Wildman–Crippen MR) is 47.9 cm³/mol. The molecular weight excluding hydrogens is 166 g/mol. The van der Waals surface area contributed by atoms with Gasteiger partial charge < -0.3 is 4.74 Å². The van der Waals surface area contributed by atoms with Gasteiger partial charge in [0, 0.05) is 23.4 Å². The van der Waals surface area contributed by atoms with Gasteiger partial charge in [-0.05, 0) is 19.1 Å². The van der Waals surface area contributed by atoms with E-state index in [9.17, 15) is 4.79 Å². The molecule has 0 saturated heterocycles. The third kappa shape index (κ3) is 2.96. The number of methoxy groups -OCH3 is 1. The summed E-state index contributed by atoms with van der Waals surface area (Å²) in [6, 6.07) is 3.64. The molecule has 0 aliphatic rings. The van der Waals surface area contributed by atoms with Gasteiger partial charge in [0.2, 0.25) is 0 Å². The van der Waals surface area contributed by atoms with Gasteiger partial charge >= 0.3 is 5.97 Å². The number of aromatic nitrogens is 1. The lowest BCUT2D eigenvalue weighted by atomic mass is 10.2. The van der Waals surface area contributed by atoms with E-state index in [1.807, 2.05) is 13.0 Å². The molecule has 1 heterocycles. The van der Waals surface area contributed by atoms with Crippen LogP contribution in [-0.2, 0) is 9.53 Å². The van der Waals surface area contributed by atoms with Crippen LogP contribution >= 0.6 is 0 Å². The zero-order chi connectivity index (χ0) is 9.68. The monoisotopic (exact) mass is 175 g/mol. The highest BCUT2D eigenvalue weighted by Gasteiger charge is 1.90. The molecular formula is C10H9NO2. The molecule has 13 heavy (non-hydrogen) atoms. The summed E-state index contributed by atoms with van der Waals surface area (Å²) in [4.78, 5) is 14.7. The molecule has 0 fully saturated rings. The third-order valence-electron chi connectivity index (χ3n) is 1.41. The number of ether oxygens (including phenoxy) is 1. The summed E-state index contributed by atoms with van der Waals surface area (Å²) in [7, 11) is 1.30. The van der Waals surface area contributed by atoms with E-state index in [0.29, 0.717) is 5.56 Å². The van der Waals surface area contributed by atoms with E-state index in [1.165, 1.54) is 7.11 Å². The van der Waals surface area contributed by atoms with Crippen molar-refractivity contribution in [1.82, 2.24) is 4.98 Å². The molecule has 0 radical (unpaired) electrons. The van der Waals surface area contributed by atoms with E-state index in [2.05, 4.69) is 21.6 Å². The van der Waals surface area contributed by atoms with Crippen molar-refractivity contribution in [1.29, 1.82) is 0 Å². The van der Waals surface area contributed by atoms with Crippen LogP contribution in [0.4, 0.5) is 0 Å². The maximum atomic E-state index is 10.6. The number of rotatable bonds is 0. The summed E-state index contributed by atoms with van der Waals surface area (Å²) < 4.78 is 4.36. The zero-order valence-corrected chi connectivity index (χ0v) is 7.50. The predicted octanol–water partition coefficient (Wildman–Crippen LogP) is 0.915. The summed E-state index contributed by atoms with van der Waals surface area (Å²) in [5, 5.41) is 0. The van der Waals surface area contributed by atoms with Crippen LogP contribution in [0.2, 0.25) is 0 Å². The molecule has 0 aromatic carbocycles. The Bertz CT molecular complexity index is 357. The van der Waals surface area contributed by atoms with Crippen molar-refractivity contribution in [3.8, 4) is 11.8 Å². The Morgan fingerprint density at radius 3 is 2.85 bits per heavy atom. The van der Waals surface area contributed by atoms with Crippen LogP contribution in [0.15, 0.2) is 18.3 Å². The van der Waals surface area contributed by atoms with Crippen LogP contribution in [0.1, 0.15) is 11.3 Å². The number of nitrogens with zero attached hydrogens (tertiary/aromatic N) is 1. The van der Waals surface area contributed by atoms with Crippen molar-refractivity contribution < 1.29 is 9.53 Å². The van der Waals surface area contributed by atoms with E-state index < -0.39 is 5.97 Å². The van der Waals surface area contributed by atoms with E-state index >= 15 is 0 Å². The average molecular weight is 175 g/mol. The van der Waals surface area contributed by atoms with Crippen LogP contribution in [0, 0.1) is 18.8 Å². The van der Waals surface area contributed by atoms with Gasteiger partial charge in [-0.1, -0.05) is 5.92 Å². The van der Waals surface area contributed by atoms with Crippen molar-refractivity contribution >= 4 is 5.97 Å². The number of carbonyl (C=O) groups is 1. The molecule has 3 nitrogen and oxygen atoms in total. The molecule has 0 N–H and O–H groups in total. The minimum Gasteiger partial charge on any atom is -0.459 e. The molecule has 3 heteroatoms. The van der Waals surface area contributed by atoms with Crippen LogP contribution in [-0.4, -0.2) is 18.1 Å². The minimum atomic E-state index is -0.541. The fourth-order valence-corrected chi connectivity index (χ4v) is 0.716. The molecule has 0 aliphatic carbocycles. The summed E-state index contributed by atoms with van der Waals surface area (Å²) in [5.41, 5.74) is 1.62. The Morgan fingerprint density at radius 1 is 1.54 bits per heavy atom. The summed E-state index contributed by atoms with van der Waals surface area (Å²) in [6.07, 6.45) is 1.62. The second-order valence-electron chi connectivity index (χ2n) is 2.43. The number of esters is 1. The number of hydrogen-bond acceptors (Lipinski definition) is 3. The van der Waals surface area contributed by atoms with Gasteiger partial charge in [0.15, 0.2) is 0 Å². The van der Waals surface area contributed by atoms with E-state index in [4.69, 9.17) is 0 Å². The molecule has 0 unspecified atom stereocenters. The number of pyridine rings is 1. The van der Waals surface area contributed by atoms with Crippen molar-refractivity contribution in [2.24, 2.45) is 0 Å².